The molecule has 0 spiro atoms. The fourth-order valence-corrected chi connectivity index (χ4v) is 2.36. The fraction of sp³-hybridized carbons (Fsp3) is 0.0625. The highest BCUT2D eigenvalue weighted by atomic mass is 16.1. The molecule has 0 atom stereocenters. The van der Waals surface area contributed by atoms with Gasteiger partial charge in [0.15, 0.2) is 5.82 Å². The van der Waals surface area contributed by atoms with E-state index in [0.717, 1.165) is 5.56 Å². The van der Waals surface area contributed by atoms with Crippen LogP contribution in [0, 0.1) is 0 Å². The molecular weight excluding hydrogens is 306 g/mol. The summed E-state index contributed by atoms with van der Waals surface area (Å²) in [5, 5.41) is 17.6. The van der Waals surface area contributed by atoms with Gasteiger partial charge in [-0.2, -0.15) is 20.5 Å². The number of fused-ring (bicyclic) bond motifs is 1. The lowest BCUT2D eigenvalue weighted by Crippen LogP contribution is -2.12. The summed E-state index contributed by atoms with van der Waals surface area (Å²) >= 11 is 0. The Morgan fingerprint density at radius 2 is 1.92 bits per heavy atom. The molecule has 0 fully saturated rings. The van der Waals surface area contributed by atoms with Crippen molar-refractivity contribution in [3.63, 3.8) is 0 Å². The molecule has 0 aliphatic carbocycles. The van der Waals surface area contributed by atoms with Crippen molar-refractivity contribution in [2.45, 2.75) is 6.54 Å². The fourth-order valence-electron chi connectivity index (χ4n) is 2.36. The topological polar surface area (TPSA) is 101 Å². The van der Waals surface area contributed by atoms with Crippen molar-refractivity contribution in [3.05, 3.63) is 66.1 Å². The minimum absolute atomic E-state index is 0.242. The Hall–Kier alpha value is -3.55. The molecule has 0 saturated heterocycles. The quantitative estimate of drug-likeness (QED) is 0.598. The van der Waals surface area contributed by atoms with Crippen LogP contribution in [0.3, 0.4) is 0 Å². The Morgan fingerprint density at radius 1 is 1.08 bits per heavy atom. The molecule has 118 valence electrons. The van der Waals surface area contributed by atoms with Crippen LogP contribution in [-0.2, 0) is 6.54 Å². The van der Waals surface area contributed by atoms with E-state index >= 15 is 0 Å². The molecule has 0 radical (unpaired) electrons. The number of hydrogen-bond acceptors (Lipinski definition) is 5. The second-order valence-electron chi connectivity index (χ2n) is 5.24. The summed E-state index contributed by atoms with van der Waals surface area (Å²) < 4.78 is 1.76. The lowest BCUT2D eigenvalue weighted by molar-refractivity contribution is 0.102. The van der Waals surface area contributed by atoms with Crippen molar-refractivity contribution in [1.29, 1.82) is 0 Å². The van der Waals surface area contributed by atoms with Gasteiger partial charge >= 0.3 is 0 Å². The number of hydrogen-bond donors (Lipinski definition) is 2. The summed E-state index contributed by atoms with van der Waals surface area (Å²) in [5.41, 5.74) is 2.95. The number of carbonyl (C=O) groups excluding carboxylic acids is 1. The van der Waals surface area contributed by atoms with Crippen LogP contribution in [-0.4, -0.2) is 36.1 Å². The van der Waals surface area contributed by atoms with Crippen LogP contribution in [0.25, 0.3) is 11.0 Å². The molecule has 0 bridgehead atoms. The Labute approximate surface area is 136 Å². The van der Waals surface area contributed by atoms with Gasteiger partial charge in [-0.1, -0.05) is 0 Å². The highest BCUT2D eigenvalue weighted by Crippen LogP contribution is 2.13. The van der Waals surface area contributed by atoms with Crippen LogP contribution in [0.2, 0.25) is 0 Å². The molecule has 4 rings (SSSR count). The monoisotopic (exact) mass is 319 g/mol. The first-order valence-corrected chi connectivity index (χ1v) is 7.32. The summed E-state index contributed by atoms with van der Waals surface area (Å²) in [6.45, 7) is 0.614. The second-order valence-corrected chi connectivity index (χ2v) is 5.24. The average molecular weight is 319 g/mol. The van der Waals surface area contributed by atoms with Gasteiger partial charge in [-0.25, -0.2) is 0 Å². The number of aromatic amines is 1. The SMILES string of the molecule is O=C(Nc1ccn(Cc2ccncc2)n1)c1ccc2n[nH]nc2c1. The van der Waals surface area contributed by atoms with Gasteiger partial charge in [0.25, 0.3) is 5.91 Å². The van der Waals surface area contributed by atoms with Gasteiger partial charge in [0, 0.05) is 30.2 Å². The van der Waals surface area contributed by atoms with Crippen molar-refractivity contribution in [2.24, 2.45) is 0 Å². The first-order chi connectivity index (χ1) is 11.8. The predicted molar refractivity (Wildman–Crippen MR) is 87.4 cm³/mol. The zero-order chi connectivity index (χ0) is 16.4. The van der Waals surface area contributed by atoms with E-state index in [-0.39, 0.29) is 5.91 Å². The van der Waals surface area contributed by atoms with Crippen molar-refractivity contribution in [2.75, 3.05) is 5.32 Å². The third-order valence-corrected chi connectivity index (χ3v) is 3.55. The highest BCUT2D eigenvalue weighted by molar-refractivity contribution is 6.05. The highest BCUT2D eigenvalue weighted by Gasteiger charge is 2.10. The first kappa shape index (κ1) is 14.1. The maximum Gasteiger partial charge on any atom is 0.256 e. The normalized spacial score (nSPS) is 10.8. The van der Waals surface area contributed by atoms with E-state index in [1.807, 2.05) is 18.3 Å². The standard InChI is InChI=1S/C16H13N7O/c24-16(12-1-2-13-14(9-12)20-22-19-13)18-15-5-8-23(21-15)10-11-3-6-17-7-4-11/h1-9H,10H2,(H,18,21,24)(H,19,20,22). The Balaban J connectivity index is 1.47. The van der Waals surface area contributed by atoms with Crippen molar-refractivity contribution >= 4 is 22.8 Å². The smallest absolute Gasteiger partial charge is 0.256 e. The average Bonchev–Trinajstić information content (AvgIpc) is 3.24. The first-order valence-electron chi connectivity index (χ1n) is 7.32. The van der Waals surface area contributed by atoms with Gasteiger partial charge in [-0.15, -0.1) is 0 Å². The van der Waals surface area contributed by atoms with Gasteiger partial charge < -0.3 is 5.32 Å². The van der Waals surface area contributed by atoms with E-state index < -0.39 is 0 Å². The predicted octanol–water partition coefficient (Wildman–Crippen LogP) is 1.85. The number of pyridine rings is 1. The molecule has 2 N–H and O–H groups in total. The largest absolute Gasteiger partial charge is 0.305 e. The number of nitrogens with one attached hydrogen (secondary N) is 2. The molecule has 8 heteroatoms. The van der Waals surface area contributed by atoms with Crippen LogP contribution in [0.5, 0.6) is 0 Å². The number of H-pyrrole nitrogens is 1. The minimum Gasteiger partial charge on any atom is -0.305 e. The zero-order valence-corrected chi connectivity index (χ0v) is 12.5. The molecule has 1 amide bonds. The number of benzene rings is 1. The van der Waals surface area contributed by atoms with E-state index in [1.165, 1.54) is 0 Å². The number of anilines is 1. The van der Waals surface area contributed by atoms with Gasteiger partial charge in [0.05, 0.1) is 6.54 Å². The van der Waals surface area contributed by atoms with Gasteiger partial charge in [0.2, 0.25) is 0 Å². The molecule has 1 aromatic carbocycles. The molecule has 8 nitrogen and oxygen atoms in total. The van der Waals surface area contributed by atoms with Gasteiger partial charge in [-0.3, -0.25) is 14.5 Å². The van der Waals surface area contributed by atoms with Crippen LogP contribution in [0.4, 0.5) is 5.82 Å². The molecule has 3 aromatic heterocycles. The maximum atomic E-state index is 12.3. The summed E-state index contributed by atoms with van der Waals surface area (Å²) in [6.07, 6.45) is 5.29. The molecule has 0 unspecified atom stereocenters. The van der Waals surface area contributed by atoms with E-state index in [2.05, 4.69) is 30.8 Å². The minimum atomic E-state index is -0.242. The summed E-state index contributed by atoms with van der Waals surface area (Å²) in [4.78, 5) is 16.3. The lowest BCUT2D eigenvalue weighted by Gasteiger charge is -2.03. The number of aromatic nitrogens is 6. The van der Waals surface area contributed by atoms with E-state index in [9.17, 15) is 4.79 Å². The van der Waals surface area contributed by atoms with Gasteiger partial charge in [-0.05, 0) is 35.9 Å². The third-order valence-electron chi connectivity index (χ3n) is 3.55. The maximum absolute atomic E-state index is 12.3. The molecule has 0 aliphatic rings. The van der Waals surface area contributed by atoms with Crippen molar-refractivity contribution < 1.29 is 4.79 Å². The van der Waals surface area contributed by atoms with E-state index in [0.29, 0.717) is 29.0 Å². The summed E-state index contributed by atoms with van der Waals surface area (Å²) in [7, 11) is 0. The number of nitrogens with zero attached hydrogens (tertiary/aromatic N) is 5. The molecule has 0 saturated carbocycles. The molecule has 4 aromatic rings. The van der Waals surface area contributed by atoms with Crippen molar-refractivity contribution in [1.82, 2.24) is 30.2 Å². The lowest BCUT2D eigenvalue weighted by atomic mass is 10.2. The Kier molecular flexibility index (Phi) is 3.47. The molecule has 24 heavy (non-hydrogen) atoms. The molecule has 3 heterocycles. The third kappa shape index (κ3) is 2.84. The zero-order valence-electron chi connectivity index (χ0n) is 12.5. The van der Waals surface area contributed by atoms with E-state index in [4.69, 9.17) is 0 Å². The van der Waals surface area contributed by atoms with E-state index in [1.54, 1.807) is 41.3 Å². The Bertz CT molecular complexity index is 990. The summed E-state index contributed by atoms with van der Waals surface area (Å²) in [5.74, 6) is 0.253. The second kappa shape index (κ2) is 5.92. The van der Waals surface area contributed by atoms with Gasteiger partial charge in [0.1, 0.15) is 11.0 Å². The summed E-state index contributed by atoms with van der Waals surface area (Å²) in [6, 6.07) is 10.7. The molecular formula is C16H13N7O. The van der Waals surface area contributed by atoms with Crippen molar-refractivity contribution in [3.8, 4) is 0 Å². The van der Waals surface area contributed by atoms with Crippen LogP contribution >= 0.6 is 0 Å². The number of carbonyl (C=O) groups is 1. The molecule has 0 aliphatic heterocycles. The van der Waals surface area contributed by atoms with Crippen LogP contribution in [0.15, 0.2) is 55.0 Å². The Morgan fingerprint density at radius 3 is 2.79 bits per heavy atom. The van der Waals surface area contributed by atoms with Crippen LogP contribution < -0.4 is 5.32 Å². The van der Waals surface area contributed by atoms with Crippen LogP contribution in [0.1, 0.15) is 15.9 Å². The number of amides is 1. The number of rotatable bonds is 4.